The summed E-state index contributed by atoms with van der Waals surface area (Å²) in [5, 5.41) is 2.72. The van der Waals surface area contributed by atoms with Gasteiger partial charge >= 0.3 is 0 Å². The highest BCUT2D eigenvalue weighted by molar-refractivity contribution is 5.78. The molecule has 0 spiro atoms. The van der Waals surface area contributed by atoms with Crippen LogP contribution in [0.15, 0.2) is 17.1 Å². The van der Waals surface area contributed by atoms with Crippen molar-refractivity contribution < 1.29 is 9.21 Å². The third kappa shape index (κ3) is 4.04. The summed E-state index contributed by atoms with van der Waals surface area (Å²) in [4.78, 5) is 15.2. The zero-order chi connectivity index (χ0) is 10.6. The van der Waals surface area contributed by atoms with Crippen molar-refractivity contribution in [3.05, 3.63) is 18.4 Å². The van der Waals surface area contributed by atoms with Crippen molar-refractivity contribution in [1.29, 1.82) is 0 Å². The fourth-order valence-electron chi connectivity index (χ4n) is 0.878. The van der Waals surface area contributed by atoms with E-state index in [9.17, 15) is 4.79 Å². The van der Waals surface area contributed by atoms with E-state index in [0.29, 0.717) is 12.2 Å². The Morgan fingerprint density at radius 3 is 2.93 bits per heavy atom. The van der Waals surface area contributed by atoms with Gasteiger partial charge in [-0.3, -0.25) is 4.79 Å². The average Bonchev–Trinajstić information content (AvgIpc) is 2.52. The summed E-state index contributed by atoms with van der Waals surface area (Å²) in [7, 11) is 0. The van der Waals surface area contributed by atoms with E-state index in [1.165, 1.54) is 12.7 Å². The van der Waals surface area contributed by atoms with Gasteiger partial charge in [-0.2, -0.15) is 0 Å². The maximum atomic E-state index is 11.3. The van der Waals surface area contributed by atoms with Crippen LogP contribution in [0, 0.1) is 0 Å². The van der Waals surface area contributed by atoms with Crippen molar-refractivity contribution in [3.63, 3.8) is 0 Å². The first-order chi connectivity index (χ1) is 6.47. The van der Waals surface area contributed by atoms with Gasteiger partial charge in [0, 0.05) is 12.1 Å². The molecule has 0 aliphatic rings. The van der Waals surface area contributed by atoms with Crippen LogP contribution in [0.1, 0.15) is 19.5 Å². The van der Waals surface area contributed by atoms with Crippen molar-refractivity contribution >= 4 is 5.91 Å². The highest BCUT2D eigenvalue weighted by Gasteiger charge is 2.12. The van der Waals surface area contributed by atoms with Crippen molar-refractivity contribution in [1.82, 2.24) is 10.3 Å². The van der Waals surface area contributed by atoms with Gasteiger partial charge in [-0.15, -0.1) is 0 Å². The first kappa shape index (κ1) is 10.7. The molecule has 14 heavy (non-hydrogen) atoms. The molecule has 78 valence electrons. The van der Waals surface area contributed by atoms with E-state index in [1.807, 2.05) is 13.8 Å². The van der Waals surface area contributed by atoms with E-state index >= 15 is 0 Å². The number of rotatable bonds is 4. The Morgan fingerprint density at radius 1 is 1.71 bits per heavy atom. The van der Waals surface area contributed by atoms with Gasteiger partial charge < -0.3 is 15.5 Å². The fourth-order valence-corrected chi connectivity index (χ4v) is 0.878. The predicted molar refractivity (Wildman–Crippen MR) is 51.5 cm³/mol. The number of hydrogen-bond acceptors (Lipinski definition) is 4. The quantitative estimate of drug-likeness (QED) is 0.715. The normalized spacial score (nSPS) is 11.4. The van der Waals surface area contributed by atoms with Crippen molar-refractivity contribution in [3.8, 4) is 0 Å². The maximum Gasteiger partial charge on any atom is 0.226 e. The number of aromatic nitrogens is 1. The number of oxazole rings is 1. The lowest BCUT2D eigenvalue weighted by Gasteiger charge is -2.18. The molecule has 0 aliphatic carbocycles. The molecule has 0 saturated heterocycles. The number of nitrogens with two attached hydrogens (primary N) is 1. The Morgan fingerprint density at radius 2 is 2.43 bits per heavy atom. The van der Waals surface area contributed by atoms with Gasteiger partial charge in [0.15, 0.2) is 6.39 Å². The van der Waals surface area contributed by atoms with Crippen molar-refractivity contribution in [2.75, 3.05) is 6.54 Å². The van der Waals surface area contributed by atoms with Crippen LogP contribution in [0.4, 0.5) is 0 Å². The number of nitrogens with zero attached hydrogens (tertiary/aromatic N) is 1. The molecule has 1 aromatic heterocycles. The third-order valence-corrected chi connectivity index (χ3v) is 1.57. The smallest absolute Gasteiger partial charge is 0.226 e. The highest BCUT2D eigenvalue weighted by atomic mass is 16.3. The zero-order valence-corrected chi connectivity index (χ0v) is 8.41. The Bertz CT molecular complexity index is 288. The number of carbonyl (C=O) groups is 1. The Balaban J connectivity index is 2.30. The molecule has 0 fully saturated rings. The maximum absolute atomic E-state index is 11.3. The summed E-state index contributed by atoms with van der Waals surface area (Å²) in [6, 6.07) is 0. The van der Waals surface area contributed by atoms with E-state index in [4.69, 9.17) is 10.2 Å². The van der Waals surface area contributed by atoms with Crippen LogP contribution in [0.2, 0.25) is 0 Å². The summed E-state index contributed by atoms with van der Waals surface area (Å²) in [5.74, 6) is -0.0996. The van der Waals surface area contributed by atoms with Gasteiger partial charge in [0.1, 0.15) is 6.26 Å². The van der Waals surface area contributed by atoms with Crippen LogP contribution in [-0.4, -0.2) is 23.0 Å². The first-order valence-electron chi connectivity index (χ1n) is 4.40. The molecule has 5 heteroatoms. The molecule has 0 aromatic carbocycles. The predicted octanol–water partition coefficient (Wildman–Crippen LogP) is 0.0706. The Labute approximate surface area is 82.7 Å². The van der Waals surface area contributed by atoms with Gasteiger partial charge in [-0.1, -0.05) is 0 Å². The Hall–Kier alpha value is -1.36. The highest BCUT2D eigenvalue weighted by Crippen LogP contribution is 1.97. The fraction of sp³-hybridized carbons (Fsp3) is 0.556. The summed E-state index contributed by atoms with van der Waals surface area (Å²) in [6.45, 7) is 4.15. The van der Waals surface area contributed by atoms with Crippen LogP contribution in [-0.2, 0) is 11.2 Å². The van der Waals surface area contributed by atoms with Crippen LogP contribution < -0.4 is 11.1 Å². The SMILES string of the molecule is CC(C)(N)CNC(=O)Cc1cocn1. The number of hydrogen-bond donors (Lipinski definition) is 2. The molecule has 1 heterocycles. The minimum absolute atomic E-state index is 0.0996. The number of carbonyl (C=O) groups excluding carboxylic acids is 1. The number of amides is 1. The molecule has 0 saturated carbocycles. The molecule has 1 amide bonds. The van der Waals surface area contributed by atoms with E-state index in [0.717, 1.165) is 0 Å². The van der Waals surface area contributed by atoms with Gasteiger partial charge in [0.2, 0.25) is 5.91 Å². The molecular formula is C9H15N3O2. The molecule has 0 radical (unpaired) electrons. The summed E-state index contributed by atoms with van der Waals surface area (Å²) >= 11 is 0. The lowest BCUT2D eigenvalue weighted by molar-refractivity contribution is -0.120. The van der Waals surface area contributed by atoms with E-state index in [2.05, 4.69) is 10.3 Å². The molecule has 1 aromatic rings. The lowest BCUT2D eigenvalue weighted by atomic mass is 10.1. The topological polar surface area (TPSA) is 81.1 Å². The zero-order valence-electron chi connectivity index (χ0n) is 8.41. The third-order valence-electron chi connectivity index (χ3n) is 1.57. The Kier molecular flexibility index (Phi) is 3.24. The summed E-state index contributed by atoms with van der Waals surface area (Å²) < 4.78 is 4.74. The molecule has 0 atom stereocenters. The molecule has 5 nitrogen and oxygen atoms in total. The van der Waals surface area contributed by atoms with Crippen molar-refractivity contribution in [2.45, 2.75) is 25.8 Å². The summed E-state index contributed by atoms with van der Waals surface area (Å²) in [6.07, 6.45) is 2.98. The van der Waals surface area contributed by atoms with Gasteiger partial charge in [0.05, 0.1) is 12.1 Å². The van der Waals surface area contributed by atoms with E-state index in [1.54, 1.807) is 0 Å². The largest absolute Gasteiger partial charge is 0.451 e. The van der Waals surface area contributed by atoms with Crippen LogP contribution in [0.3, 0.4) is 0 Å². The molecule has 0 aliphatic heterocycles. The molecule has 1 rings (SSSR count). The monoisotopic (exact) mass is 197 g/mol. The standard InChI is InChI=1S/C9H15N3O2/c1-9(2,10)5-11-8(13)3-7-4-14-6-12-7/h4,6H,3,5,10H2,1-2H3,(H,11,13). The summed E-state index contributed by atoms with van der Waals surface area (Å²) in [5.41, 5.74) is 5.94. The molecule has 3 N–H and O–H groups in total. The average molecular weight is 197 g/mol. The molecule has 0 bridgehead atoms. The number of nitrogens with one attached hydrogen (secondary N) is 1. The molecule has 0 unspecified atom stereocenters. The first-order valence-corrected chi connectivity index (χ1v) is 4.40. The minimum atomic E-state index is -0.389. The van der Waals surface area contributed by atoms with Gasteiger partial charge in [-0.05, 0) is 13.8 Å². The van der Waals surface area contributed by atoms with Gasteiger partial charge in [0.25, 0.3) is 0 Å². The second-order valence-electron chi connectivity index (χ2n) is 3.92. The second-order valence-corrected chi connectivity index (χ2v) is 3.92. The van der Waals surface area contributed by atoms with Crippen LogP contribution in [0.25, 0.3) is 0 Å². The molecular weight excluding hydrogens is 182 g/mol. The van der Waals surface area contributed by atoms with Gasteiger partial charge in [-0.25, -0.2) is 4.98 Å². The van der Waals surface area contributed by atoms with E-state index in [-0.39, 0.29) is 17.9 Å². The lowest BCUT2D eigenvalue weighted by Crippen LogP contribution is -2.45. The van der Waals surface area contributed by atoms with E-state index < -0.39 is 0 Å². The van der Waals surface area contributed by atoms with Crippen molar-refractivity contribution in [2.24, 2.45) is 5.73 Å². The second kappa shape index (κ2) is 4.23. The van der Waals surface area contributed by atoms with Crippen LogP contribution in [0.5, 0.6) is 0 Å². The minimum Gasteiger partial charge on any atom is -0.451 e. The van der Waals surface area contributed by atoms with Crippen LogP contribution >= 0.6 is 0 Å².